The summed E-state index contributed by atoms with van der Waals surface area (Å²) < 4.78 is 32.5. The Hall–Kier alpha value is -1.64. The zero-order chi connectivity index (χ0) is 21.0. The van der Waals surface area contributed by atoms with E-state index in [9.17, 15) is 13.2 Å². The fourth-order valence-corrected chi connectivity index (χ4v) is 5.24. The Labute approximate surface area is 180 Å². The smallest absolute Gasteiger partial charge is 0.251 e. The minimum Gasteiger partial charge on any atom is -0.379 e. The van der Waals surface area contributed by atoms with Crippen molar-refractivity contribution >= 4 is 39.1 Å². The summed E-state index contributed by atoms with van der Waals surface area (Å²) in [6.45, 7) is 3.43. The van der Waals surface area contributed by atoms with E-state index in [4.69, 9.17) is 27.9 Å². The summed E-state index contributed by atoms with van der Waals surface area (Å²) in [4.78, 5) is 12.7. The first-order valence-electron chi connectivity index (χ1n) is 9.20. The van der Waals surface area contributed by atoms with E-state index in [1.54, 1.807) is 31.2 Å². The Bertz CT molecular complexity index is 1010. The minimum atomic E-state index is -3.68. The number of nitrogens with zero attached hydrogens (tertiary/aromatic N) is 1. The van der Waals surface area contributed by atoms with Crippen LogP contribution in [0.1, 0.15) is 21.5 Å². The van der Waals surface area contributed by atoms with Crippen LogP contribution >= 0.6 is 23.2 Å². The van der Waals surface area contributed by atoms with Crippen molar-refractivity contribution in [3.63, 3.8) is 0 Å². The van der Waals surface area contributed by atoms with Gasteiger partial charge in [0.15, 0.2) is 0 Å². The van der Waals surface area contributed by atoms with Crippen LogP contribution in [-0.2, 0) is 21.2 Å². The van der Waals surface area contributed by atoms with Crippen molar-refractivity contribution in [2.75, 3.05) is 32.8 Å². The Morgan fingerprint density at radius 3 is 2.55 bits per heavy atom. The lowest BCUT2D eigenvalue weighted by atomic mass is 10.1. The quantitative estimate of drug-likeness (QED) is 0.723. The highest BCUT2D eigenvalue weighted by Gasteiger charge is 2.28. The predicted octanol–water partition coefficient (Wildman–Crippen LogP) is 3.30. The van der Waals surface area contributed by atoms with Crippen LogP contribution in [0, 0.1) is 6.92 Å². The Morgan fingerprint density at radius 1 is 1.14 bits per heavy atom. The van der Waals surface area contributed by atoms with E-state index in [0.717, 1.165) is 5.56 Å². The van der Waals surface area contributed by atoms with Crippen molar-refractivity contribution in [2.24, 2.45) is 0 Å². The van der Waals surface area contributed by atoms with E-state index in [2.05, 4.69) is 5.32 Å². The van der Waals surface area contributed by atoms with Crippen LogP contribution in [0.5, 0.6) is 0 Å². The molecular weight excluding hydrogens is 435 g/mol. The molecule has 1 saturated heterocycles. The summed E-state index contributed by atoms with van der Waals surface area (Å²) in [5.41, 5.74) is 1.77. The van der Waals surface area contributed by atoms with Crippen LogP contribution in [-0.4, -0.2) is 51.5 Å². The number of morpholine rings is 1. The number of halogens is 2. The van der Waals surface area contributed by atoms with Gasteiger partial charge in [0.25, 0.3) is 5.91 Å². The van der Waals surface area contributed by atoms with Gasteiger partial charge in [-0.25, -0.2) is 8.42 Å². The molecule has 3 rings (SSSR count). The molecule has 0 saturated carbocycles. The van der Waals surface area contributed by atoms with Crippen LogP contribution in [0.4, 0.5) is 0 Å². The number of hydrogen-bond donors (Lipinski definition) is 1. The number of carbonyl (C=O) groups is 1. The third kappa shape index (κ3) is 5.29. The second kappa shape index (κ2) is 9.45. The molecule has 156 valence electrons. The molecule has 0 atom stereocenters. The van der Waals surface area contributed by atoms with E-state index in [-0.39, 0.29) is 10.8 Å². The number of carbonyl (C=O) groups excluding carboxylic acids is 1. The van der Waals surface area contributed by atoms with Crippen molar-refractivity contribution < 1.29 is 17.9 Å². The standard InChI is InChI=1S/C20H22Cl2N2O4S/c1-14-2-3-16(12-19(14)29(26,27)24-8-10-28-11-9-24)20(25)23-7-6-15-4-5-17(21)13-18(15)22/h2-5,12-13H,6-11H2,1H3,(H,23,25). The number of amides is 1. The summed E-state index contributed by atoms with van der Waals surface area (Å²) in [5.74, 6) is -0.339. The van der Waals surface area contributed by atoms with E-state index in [0.29, 0.717) is 60.4 Å². The van der Waals surface area contributed by atoms with Crippen LogP contribution in [0.15, 0.2) is 41.3 Å². The minimum absolute atomic E-state index is 0.146. The molecule has 0 aromatic heterocycles. The monoisotopic (exact) mass is 456 g/mol. The van der Waals surface area contributed by atoms with Gasteiger partial charge >= 0.3 is 0 Å². The van der Waals surface area contributed by atoms with Crippen LogP contribution in [0.2, 0.25) is 10.0 Å². The topological polar surface area (TPSA) is 75.7 Å². The Balaban J connectivity index is 1.70. The molecule has 0 bridgehead atoms. The third-order valence-corrected chi connectivity index (χ3v) is 7.36. The fraction of sp³-hybridized carbons (Fsp3) is 0.350. The normalized spacial score (nSPS) is 15.3. The number of aryl methyl sites for hydroxylation is 1. The molecule has 29 heavy (non-hydrogen) atoms. The SMILES string of the molecule is Cc1ccc(C(=O)NCCc2ccc(Cl)cc2Cl)cc1S(=O)(=O)N1CCOCC1. The maximum atomic E-state index is 13.0. The second-order valence-corrected chi connectivity index (χ2v) is 9.49. The van der Waals surface area contributed by atoms with Gasteiger partial charge in [-0.05, 0) is 48.7 Å². The lowest BCUT2D eigenvalue weighted by Gasteiger charge is -2.26. The van der Waals surface area contributed by atoms with Crippen molar-refractivity contribution in [2.45, 2.75) is 18.2 Å². The highest BCUT2D eigenvalue weighted by Crippen LogP contribution is 2.23. The average molecular weight is 457 g/mol. The van der Waals surface area contributed by atoms with Crippen LogP contribution in [0.25, 0.3) is 0 Å². The molecule has 0 aliphatic carbocycles. The molecule has 1 N–H and O–H groups in total. The molecule has 1 heterocycles. The predicted molar refractivity (Wildman–Crippen MR) is 113 cm³/mol. The zero-order valence-corrected chi connectivity index (χ0v) is 18.3. The van der Waals surface area contributed by atoms with Crippen molar-refractivity contribution in [1.82, 2.24) is 9.62 Å². The van der Waals surface area contributed by atoms with E-state index in [1.165, 1.54) is 10.4 Å². The summed E-state index contributed by atoms with van der Waals surface area (Å²) in [7, 11) is -3.68. The number of rotatable bonds is 6. The Kier molecular flexibility index (Phi) is 7.19. The van der Waals surface area contributed by atoms with E-state index in [1.807, 2.05) is 6.07 Å². The average Bonchev–Trinajstić information content (AvgIpc) is 2.70. The molecule has 2 aromatic rings. The lowest BCUT2D eigenvalue weighted by molar-refractivity contribution is 0.0730. The van der Waals surface area contributed by atoms with Gasteiger partial charge in [-0.3, -0.25) is 4.79 Å². The van der Waals surface area contributed by atoms with Crippen molar-refractivity contribution in [1.29, 1.82) is 0 Å². The van der Waals surface area contributed by atoms with Crippen LogP contribution in [0.3, 0.4) is 0 Å². The second-order valence-electron chi connectivity index (χ2n) is 6.74. The highest BCUT2D eigenvalue weighted by molar-refractivity contribution is 7.89. The molecule has 1 fully saturated rings. The molecular formula is C20H22Cl2N2O4S. The molecule has 0 unspecified atom stereocenters. The first kappa shape index (κ1) is 22.1. The molecule has 0 radical (unpaired) electrons. The number of sulfonamides is 1. The summed E-state index contributed by atoms with van der Waals surface area (Å²) >= 11 is 12.0. The maximum Gasteiger partial charge on any atom is 0.251 e. The fourth-order valence-electron chi connectivity index (χ4n) is 3.08. The number of hydrogen-bond acceptors (Lipinski definition) is 4. The van der Waals surface area contributed by atoms with E-state index >= 15 is 0 Å². The molecule has 1 aliphatic rings. The van der Waals surface area contributed by atoms with Gasteiger partial charge in [0.2, 0.25) is 10.0 Å². The highest BCUT2D eigenvalue weighted by atomic mass is 35.5. The van der Waals surface area contributed by atoms with Gasteiger partial charge in [0.05, 0.1) is 18.1 Å². The Morgan fingerprint density at radius 2 is 1.86 bits per heavy atom. The molecule has 9 heteroatoms. The van der Waals surface area contributed by atoms with Gasteiger partial charge < -0.3 is 10.1 Å². The van der Waals surface area contributed by atoms with Gasteiger partial charge in [0.1, 0.15) is 0 Å². The van der Waals surface area contributed by atoms with Gasteiger partial charge in [-0.1, -0.05) is 35.3 Å². The number of benzene rings is 2. The number of nitrogens with one attached hydrogen (secondary N) is 1. The first-order chi connectivity index (χ1) is 13.8. The zero-order valence-electron chi connectivity index (χ0n) is 16.0. The molecule has 6 nitrogen and oxygen atoms in total. The summed E-state index contributed by atoms with van der Waals surface area (Å²) in [5, 5.41) is 3.90. The van der Waals surface area contributed by atoms with Crippen molar-refractivity contribution in [3.05, 3.63) is 63.1 Å². The summed E-state index contributed by atoms with van der Waals surface area (Å²) in [6, 6.07) is 9.92. The molecule has 1 aliphatic heterocycles. The first-order valence-corrected chi connectivity index (χ1v) is 11.4. The van der Waals surface area contributed by atoms with Gasteiger partial charge in [0, 0.05) is 35.2 Å². The lowest BCUT2D eigenvalue weighted by Crippen LogP contribution is -2.41. The number of ether oxygens (including phenoxy) is 1. The largest absolute Gasteiger partial charge is 0.379 e. The summed E-state index contributed by atoms with van der Waals surface area (Å²) in [6.07, 6.45) is 0.534. The molecule has 2 aromatic carbocycles. The maximum absolute atomic E-state index is 13.0. The molecule has 0 spiro atoms. The van der Waals surface area contributed by atoms with E-state index < -0.39 is 10.0 Å². The van der Waals surface area contributed by atoms with Gasteiger partial charge in [-0.15, -0.1) is 0 Å². The third-order valence-electron chi connectivity index (χ3n) is 4.73. The van der Waals surface area contributed by atoms with Crippen LogP contribution < -0.4 is 5.32 Å². The van der Waals surface area contributed by atoms with Gasteiger partial charge in [-0.2, -0.15) is 4.31 Å². The van der Waals surface area contributed by atoms with Crippen molar-refractivity contribution in [3.8, 4) is 0 Å². The molecule has 1 amide bonds.